The molecule has 0 amide bonds. The number of aliphatic hydroxyl groups is 5. The van der Waals surface area contributed by atoms with Gasteiger partial charge < -0.3 is 66.7 Å². The van der Waals surface area contributed by atoms with Crippen LogP contribution >= 0.6 is 15.6 Å². The standard InChI is InChI=1S/C30H34N24O16P2/c31-19-10-22(40-4-37-19)52(28(43-10)46-49-34)25-16(59)13(56)8(67-25)2-64-71(60,61)70-18-15(58)9(68-27(18)54-24-12(21(33)39-6-42-24)45-30(54)48-51-36)3-65-72(62,63)69-17-14(57)7(1-55)66-26(17)53-23-11(20(32)38-5-41-23)44-29(53)47-50-35/h4-9,13-18,25-27,55-59H,1-3H2,(H,60,61)(H,62,63)(H2,31,37,40)(H2,32,38,41)(H2,33,39,42). The average molecular weight is 1050 g/mol. The van der Waals surface area contributed by atoms with Crippen LogP contribution in [0.15, 0.2) is 34.3 Å². The van der Waals surface area contributed by atoms with Crippen LogP contribution in [-0.2, 0) is 41.4 Å². The highest BCUT2D eigenvalue weighted by atomic mass is 31.2. The van der Waals surface area contributed by atoms with E-state index < -0.39 is 127 Å². The molecular weight excluding hydrogens is 1010 g/mol. The second-order valence-electron chi connectivity index (χ2n) is 15.2. The molecule has 0 radical (unpaired) electrons. The fourth-order valence-corrected chi connectivity index (χ4v) is 9.80. The van der Waals surface area contributed by atoms with Crippen LogP contribution in [-0.4, -0.2) is 169 Å². The van der Waals surface area contributed by atoms with Gasteiger partial charge in [-0.15, -0.1) is 0 Å². The quantitative estimate of drug-likeness (QED) is 0.0232. The van der Waals surface area contributed by atoms with Crippen LogP contribution in [0.25, 0.3) is 64.8 Å². The smallest absolute Gasteiger partial charge is 0.394 e. The minimum Gasteiger partial charge on any atom is -0.394 e. The van der Waals surface area contributed by atoms with Gasteiger partial charge in [-0.1, -0.05) is 0 Å². The van der Waals surface area contributed by atoms with Gasteiger partial charge in [0, 0.05) is 14.7 Å². The van der Waals surface area contributed by atoms with Gasteiger partial charge in [0.05, 0.1) is 19.8 Å². The zero-order chi connectivity index (χ0) is 51.4. The molecule has 6 aromatic heterocycles. The number of ether oxygens (including phenoxy) is 3. The lowest BCUT2D eigenvalue weighted by atomic mass is 10.1. The van der Waals surface area contributed by atoms with Crippen molar-refractivity contribution in [3.8, 4) is 0 Å². The first-order chi connectivity index (χ1) is 34.4. The molecule has 0 bridgehead atoms. The molecule has 3 fully saturated rings. The first-order valence-corrected chi connectivity index (χ1v) is 23.1. The maximum Gasteiger partial charge on any atom is 0.472 e. The van der Waals surface area contributed by atoms with E-state index >= 15 is 0 Å². The monoisotopic (exact) mass is 1050 g/mol. The topological polar surface area (TPSA) is 596 Å². The number of azide groups is 3. The Morgan fingerprint density at radius 2 is 0.917 bits per heavy atom. The molecule has 14 unspecified atom stereocenters. The zero-order valence-corrected chi connectivity index (χ0v) is 37.4. The number of aliphatic hydroxyl groups excluding tert-OH is 5. The molecule has 13 N–H and O–H groups in total. The van der Waals surface area contributed by atoms with Crippen molar-refractivity contribution in [1.29, 1.82) is 0 Å². The van der Waals surface area contributed by atoms with E-state index in [-0.39, 0.29) is 50.9 Å². The Bertz CT molecular complexity index is 3330. The van der Waals surface area contributed by atoms with Gasteiger partial charge in [-0.05, 0) is 31.9 Å². The van der Waals surface area contributed by atoms with Gasteiger partial charge in [-0.25, -0.2) is 54.0 Å². The van der Waals surface area contributed by atoms with Crippen LogP contribution in [0.5, 0.6) is 0 Å². The number of phosphoric ester groups is 2. The normalized spacial score (nSPS) is 28.9. The minimum absolute atomic E-state index is 0.0674. The molecule has 0 saturated carbocycles. The summed E-state index contributed by atoms with van der Waals surface area (Å²) in [6.07, 6.45) is -19.3. The molecule has 0 spiro atoms. The second kappa shape index (κ2) is 19.5. The third kappa shape index (κ3) is 8.97. The number of anilines is 3. The Hall–Kier alpha value is -7.12. The van der Waals surface area contributed by atoms with Crippen molar-refractivity contribution in [2.75, 3.05) is 37.0 Å². The Kier molecular flexibility index (Phi) is 13.5. The molecule has 42 heteroatoms. The van der Waals surface area contributed by atoms with Gasteiger partial charge in [0.25, 0.3) is 0 Å². The molecule has 380 valence electrons. The summed E-state index contributed by atoms with van der Waals surface area (Å²) >= 11 is 0. The van der Waals surface area contributed by atoms with Crippen LogP contribution in [0.4, 0.5) is 35.3 Å². The van der Waals surface area contributed by atoms with Crippen LogP contribution in [0.3, 0.4) is 0 Å². The first kappa shape index (κ1) is 49.8. The molecule has 3 saturated heterocycles. The first-order valence-electron chi connectivity index (χ1n) is 20.1. The molecule has 6 aromatic rings. The fraction of sp³-hybridized carbons (Fsp3) is 0.500. The second-order valence-corrected chi connectivity index (χ2v) is 18.0. The molecule has 0 aromatic carbocycles. The summed E-state index contributed by atoms with van der Waals surface area (Å²) in [5, 5.41) is 65.3. The molecular formula is C30H34N24O16P2. The molecule has 3 aliphatic rings. The maximum atomic E-state index is 13.8. The number of imidazole rings is 3. The number of rotatable bonds is 17. The summed E-state index contributed by atoms with van der Waals surface area (Å²) in [6.45, 7) is -3.06. The summed E-state index contributed by atoms with van der Waals surface area (Å²) in [5.41, 5.74) is 44.7. The van der Waals surface area contributed by atoms with Crippen molar-refractivity contribution in [1.82, 2.24) is 58.6 Å². The fourth-order valence-electron chi connectivity index (χ4n) is 7.93. The highest BCUT2D eigenvalue weighted by Crippen LogP contribution is 2.53. The number of nitrogens with zero attached hydrogens (tertiary/aromatic N) is 21. The van der Waals surface area contributed by atoms with Crippen LogP contribution in [0.1, 0.15) is 18.7 Å². The van der Waals surface area contributed by atoms with Crippen LogP contribution in [0, 0.1) is 0 Å². The van der Waals surface area contributed by atoms with Gasteiger partial charge in [-0.2, -0.15) is 0 Å². The number of hydrogen-bond donors (Lipinski definition) is 10. The molecule has 3 aliphatic heterocycles. The van der Waals surface area contributed by atoms with Crippen molar-refractivity contribution in [3.05, 3.63) is 50.3 Å². The number of hydrogen-bond acceptors (Lipinski definition) is 29. The minimum atomic E-state index is -5.55. The van der Waals surface area contributed by atoms with Crippen molar-refractivity contribution in [3.63, 3.8) is 0 Å². The van der Waals surface area contributed by atoms with E-state index in [0.717, 1.165) is 32.7 Å². The van der Waals surface area contributed by atoms with Crippen molar-refractivity contribution in [2.45, 2.75) is 73.6 Å². The molecule has 9 heterocycles. The number of phosphoric acid groups is 2. The Morgan fingerprint density at radius 1 is 0.569 bits per heavy atom. The van der Waals surface area contributed by atoms with E-state index in [2.05, 4.69) is 74.9 Å². The van der Waals surface area contributed by atoms with Gasteiger partial charge in [0.1, 0.15) is 73.9 Å². The summed E-state index contributed by atoms with van der Waals surface area (Å²) in [4.78, 5) is 66.1. The van der Waals surface area contributed by atoms with Gasteiger partial charge in [0.15, 0.2) is 69.6 Å². The zero-order valence-electron chi connectivity index (χ0n) is 35.6. The van der Waals surface area contributed by atoms with Gasteiger partial charge in [0.2, 0.25) is 17.8 Å². The van der Waals surface area contributed by atoms with Gasteiger partial charge >= 0.3 is 15.6 Å². The van der Waals surface area contributed by atoms with E-state index in [1.54, 1.807) is 0 Å². The molecule has 0 aliphatic carbocycles. The van der Waals surface area contributed by atoms with E-state index in [1.807, 2.05) is 0 Å². The lowest BCUT2D eigenvalue weighted by Gasteiger charge is -2.25. The highest BCUT2D eigenvalue weighted by Gasteiger charge is 2.54. The molecule has 14 atom stereocenters. The van der Waals surface area contributed by atoms with Crippen molar-refractivity contribution < 1.29 is 76.8 Å². The highest BCUT2D eigenvalue weighted by molar-refractivity contribution is 7.47. The Balaban J connectivity index is 0.970. The Labute approximate surface area is 395 Å². The predicted octanol–water partition coefficient (Wildman–Crippen LogP) is -0.789. The number of nitrogens with two attached hydrogens (primary N) is 3. The molecule has 40 nitrogen and oxygen atoms in total. The largest absolute Gasteiger partial charge is 0.472 e. The lowest BCUT2D eigenvalue weighted by Crippen LogP contribution is -2.37. The van der Waals surface area contributed by atoms with Crippen LogP contribution in [0.2, 0.25) is 0 Å². The third-order valence-corrected chi connectivity index (χ3v) is 13.1. The van der Waals surface area contributed by atoms with Crippen molar-refractivity contribution in [2.24, 2.45) is 15.3 Å². The van der Waals surface area contributed by atoms with E-state index in [4.69, 9.17) is 55.0 Å². The SMILES string of the molecule is [N-]=[N+]=Nc1nc2c(N)ncnc2n1C1OC(COP(=O)(O)OC2C(O)C(COP(=O)(O)OC3C(O)C(CO)OC3n3c(N=[N+]=[N-])nc4c(N)ncnc43)OC2n2c(N=[N+]=[N-])nc3c(N)ncnc32)C(O)C1O. The summed E-state index contributed by atoms with van der Waals surface area (Å²) in [5.74, 6) is -2.09. The lowest BCUT2D eigenvalue weighted by molar-refractivity contribution is -0.0637. The van der Waals surface area contributed by atoms with E-state index in [9.17, 15) is 55.5 Å². The van der Waals surface area contributed by atoms with Crippen LogP contribution < -0.4 is 17.2 Å². The molecule has 9 rings (SSSR count). The predicted molar refractivity (Wildman–Crippen MR) is 230 cm³/mol. The number of nitrogen functional groups attached to an aromatic ring is 3. The maximum absolute atomic E-state index is 13.8. The van der Waals surface area contributed by atoms with E-state index in [1.165, 1.54) is 0 Å². The number of aromatic nitrogens is 12. The third-order valence-electron chi connectivity index (χ3n) is 11.1. The Morgan fingerprint density at radius 3 is 1.31 bits per heavy atom. The summed E-state index contributed by atoms with van der Waals surface area (Å²) in [7, 11) is -11.1. The summed E-state index contributed by atoms with van der Waals surface area (Å²) < 4.78 is 69.0. The number of fused-ring (bicyclic) bond motifs is 3. The average Bonchev–Trinajstić information content (AvgIpc) is 4.18. The summed E-state index contributed by atoms with van der Waals surface area (Å²) in [6, 6.07) is 0. The van der Waals surface area contributed by atoms with E-state index in [0.29, 0.717) is 0 Å². The molecule has 72 heavy (non-hydrogen) atoms. The van der Waals surface area contributed by atoms with Gasteiger partial charge in [-0.3, -0.25) is 31.8 Å². The van der Waals surface area contributed by atoms with Crippen molar-refractivity contribution >= 4 is 84.4 Å².